The average Bonchev–Trinajstić information content (AvgIpc) is 1.60. The first-order chi connectivity index (χ1) is 62.8. The monoisotopic (exact) mass is 1750 g/mol. The lowest BCUT2D eigenvalue weighted by Gasteiger charge is -2.39. The molecule has 4 aromatic carbocycles. The molecule has 0 aliphatic carbocycles. The Kier molecular flexibility index (Phi) is 48.1. The van der Waals surface area contributed by atoms with E-state index in [1.807, 2.05) is 0 Å². The smallest absolute Gasteiger partial charge is 0.119 e. The standard InChI is InChI=1S/C116H182N8O4/c1-13-25-73-121(74-26-14-2,75-27-15-3)85-45-37-41-49-89-125-101-61-53-57-97(93-101)113-105-65-67-107(117-105)114(98-58-54-62-102(94-98)126-90-50-42-38-46-86-122(76-28-16-4,77-29-17-5)78-30-18-6)109-69-71-111(119-109)116(100-60-56-64-104(96-100)128-92-52-44-40-48-88-124(82-34-22-10,83-35-23-11)84-36-24-12)112-72-70-110(120-112)115(108-68-66-106(113)118-108)99-59-55-63-103(95-99)127-91-51-43-39-47-87-123(79-31-19-7,80-32-20-8)81-33-21-9/h53-72,93-96,117,120H,13-52,73-92H2,1-12H3/q+4. The number of unbranched alkanes of at least 4 members (excludes halogenated alkanes) is 24. The zero-order valence-corrected chi connectivity index (χ0v) is 83.6. The van der Waals surface area contributed by atoms with Crippen LogP contribution in [0.5, 0.6) is 23.0 Å². The zero-order chi connectivity index (χ0) is 90.6. The SMILES string of the molecule is CCCC[N+](CCCC)(CCCC)CCCCCCOc1cccc(-c2c3nc(c(-c4cccc(OCCCCCC[N+](CCCC)(CCCC)CCCC)c4)c4ccc([nH]4)c(-c4cccc(OCCCCCC[N+](CCCC)(CCCC)CCCC)c4)c4nc(c(-c5cccc(OCCCCCC[N+](CCCC)(CCCC)CCCC)c5)c5ccc2[nH]5)C=C4)C=C3)c1. The van der Waals surface area contributed by atoms with Gasteiger partial charge in [-0.3, -0.25) is 0 Å². The van der Waals surface area contributed by atoms with Crippen LogP contribution in [0.2, 0.25) is 0 Å². The van der Waals surface area contributed by atoms with E-state index in [2.05, 4.69) is 239 Å². The third kappa shape index (κ3) is 33.7. The van der Waals surface area contributed by atoms with Gasteiger partial charge in [0.05, 0.1) is 154 Å². The molecule has 12 heteroatoms. The maximum Gasteiger partial charge on any atom is 0.119 e. The fraction of sp³-hybridized carbons (Fsp3) is 0.621. The fourth-order valence-electron chi connectivity index (χ4n) is 20.4. The molecule has 12 nitrogen and oxygen atoms in total. The number of aromatic amines is 2. The van der Waals surface area contributed by atoms with Crippen LogP contribution in [0, 0.1) is 0 Å². The van der Waals surface area contributed by atoms with E-state index >= 15 is 0 Å². The van der Waals surface area contributed by atoms with Gasteiger partial charge in [0.2, 0.25) is 0 Å². The fourth-order valence-corrected chi connectivity index (χ4v) is 20.4. The van der Waals surface area contributed by atoms with E-state index < -0.39 is 0 Å². The predicted octanol–water partition coefficient (Wildman–Crippen LogP) is 31.9. The molecule has 2 N–H and O–H groups in total. The average molecular weight is 1750 g/mol. The Morgan fingerprint density at radius 3 is 0.555 bits per heavy atom. The summed E-state index contributed by atoms with van der Waals surface area (Å²) in [6.45, 7) is 52.1. The van der Waals surface area contributed by atoms with Crippen LogP contribution in [-0.2, 0) is 0 Å². The van der Waals surface area contributed by atoms with Crippen molar-refractivity contribution in [1.29, 1.82) is 0 Å². The summed E-state index contributed by atoms with van der Waals surface area (Å²) in [4.78, 5) is 19.9. The van der Waals surface area contributed by atoms with Crippen LogP contribution in [0.3, 0.4) is 0 Å². The Morgan fingerprint density at radius 2 is 0.375 bits per heavy atom. The molecule has 0 fully saturated rings. The third-order valence-electron chi connectivity index (χ3n) is 28.3. The summed E-state index contributed by atoms with van der Waals surface area (Å²) in [7, 11) is 0. The molecule has 2 aliphatic heterocycles. The Balaban J connectivity index is 1.10. The second kappa shape index (κ2) is 59.1. The van der Waals surface area contributed by atoms with Gasteiger partial charge in [-0.1, -0.05) is 209 Å². The highest BCUT2D eigenvalue weighted by Crippen LogP contribution is 2.42. The van der Waals surface area contributed by atoms with Gasteiger partial charge in [-0.15, -0.1) is 0 Å². The number of fused-ring (bicyclic) bond motifs is 8. The number of H-pyrrole nitrogens is 2. The highest BCUT2D eigenvalue weighted by atomic mass is 16.5. The van der Waals surface area contributed by atoms with Crippen molar-refractivity contribution in [3.8, 4) is 67.5 Å². The molecule has 5 heterocycles. The van der Waals surface area contributed by atoms with Gasteiger partial charge in [-0.05, 0) is 299 Å². The quantitative estimate of drug-likeness (QED) is 0.0291. The normalized spacial score (nSPS) is 12.5. The first-order valence-electron chi connectivity index (χ1n) is 53.3. The topological polar surface area (TPSA) is 94.3 Å². The Bertz CT molecular complexity index is 3830. The van der Waals surface area contributed by atoms with Crippen LogP contribution < -0.4 is 18.9 Å². The maximum atomic E-state index is 6.82. The Labute approximate surface area is 781 Å². The lowest BCUT2D eigenvalue weighted by atomic mass is 10.0. The second-order valence-corrected chi connectivity index (χ2v) is 38.9. The van der Waals surface area contributed by atoms with E-state index in [-0.39, 0.29) is 0 Å². The summed E-state index contributed by atoms with van der Waals surface area (Å²) < 4.78 is 32.5. The van der Waals surface area contributed by atoms with Crippen LogP contribution in [0.25, 0.3) is 90.9 Å². The second-order valence-electron chi connectivity index (χ2n) is 38.9. The highest BCUT2D eigenvalue weighted by Gasteiger charge is 2.31. The van der Waals surface area contributed by atoms with E-state index in [1.54, 1.807) is 0 Å². The summed E-state index contributed by atoms with van der Waals surface area (Å²) in [6, 6.07) is 44.1. The van der Waals surface area contributed by atoms with Gasteiger partial charge in [0, 0.05) is 44.3 Å². The largest absolute Gasteiger partial charge is 0.494 e. The summed E-state index contributed by atoms with van der Waals surface area (Å²) in [5.74, 6) is 3.47. The molecule has 706 valence electrons. The summed E-state index contributed by atoms with van der Waals surface area (Å²) in [6.07, 6.45) is 58.9. The molecule has 128 heavy (non-hydrogen) atoms. The molecule has 0 saturated carbocycles. The number of hydrogen-bond donors (Lipinski definition) is 2. The summed E-state index contributed by atoms with van der Waals surface area (Å²) in [5, 5.41) is 0. The number of nitrogens with zero attached hydrogens (tertiary/aromatic N) is 6. The van der Waals surface area contributed by atoms with Crippen LogP contribution in [0.4, 0.5) is 0 Å². The molecule has 0 unspecified atom stereocenters. The van der Waals surface area contributed by atoms with E-state index in [9.17, 15) is 0 Å². The minimum absolute atomic E-state index is 0.673. The zero-order valence-electron chi connectivity index (χ0n) is 83.6. The third-order valence-corrected chi connectivity index (χ3v) is 28.3. The van der Waals surface area contributed by atoms with Crippen molar-refractivity contribution in [3.63, 3.8) is 0 Å². The minimum Gasteiger partial charge on any atom is -0.494 e. The highest BCUT2D eigenvalue weighted by molar-refractivity contribution is 6.00. The van der Waals surface area contributed by atoms with Gasteiger partial charge in [-0.2, -0.15) is 0 Å². The van der Waals surface area contributed by atoms with Gasteiger partial charge in [0.25, 0.3) is 0 Å². The maximum absolute atomic E-state index is 6.82. The molecule has 3 aromatic heterocycles. The molecule has 0 radical (unpaired) electrons. The lowest BCUT2D eigenvalue weighted by Crippen LogP contribution is -2.50. The van der Waals surface area contributed by atoms with Gasteiger partial charge in [-0.25, -0.2) is 9.97 Å². The van der Waals surface area contributed by atoms with Gasteiger partial charge in [0.15, 0.2) is 0 Å². The Hall–Kier alpha value is -7.48. The van der Waals surface area contributed by atoms with Crippen molar-refractivity contribution in [2.24, 2.45) is 0 Å². The van der Waals surface area contributed by atoms with Crippen molar-refractivity contribution in [3.05, 3.63) is 144 Å². The first-order valence-corrected chi connectivity index (χ1v) is 53.3. The van der Waals surface area contributed by atoms with Crippen molar-refractivity contribution < 1.29 is 36.9 Å². The van der Waals surface area contributed by atoms with E-state index in [0.29, 0.717) is 26.4 Å². The van der Waals surface area contributed by atoms with Crippen LogP contribution in [0.1, 0.15) is 363 Å². The number of ether oxygens (including phenoxy) is 4. The van der Waals surface area contributed by atoms with Gasteiger partial charge in [0.1, 0.15) is 23.0 Å². The number of aromatic nitrogens is 4. The van der Waals surface area contributed by atoms with Crippen LogP contribution >= 0.6 is 0 Å². The van der Waals surface area contributed by atoms with Crippen molar-refractivity contribution in [2.45, 2.75) is 340 Å². The van der Waals surface area contributed by atoms with Gasteiger partial charge >= 0.3 is 0 Å². The summed E-state index contributed by atoms with van der Waals surface area (Å²) >= 11 is 0. The van der Waals surface area contributed by atoms with Crippen molar-refractivity contribution in [2.75, 3.05) is 131 Å². The van der Waals surface area contributed by atoms with Crippen molar-refractivity contribution >= 4 is 46.4 Å². The molecule has 9 rings (SSSR count). The van der Waals surface area contributed by atoms with Gasteiger partial charge < -0.3 is 46.8 Å². The molecular weight excluding hydrogens is 1570 g/mol. The number of benzene rings is 4. The number of hydrogen-bond acceptors (Lipinski definition) is 6. The molecule has 0 spiro atoms. The molecule has 7 aromatic rings. The minimum atomic E-state index is 0.673. The van der Waals surface area contributed by atoms with Crippen molar-refractivity contribution in [1.82, 2.24) is 19.9 Å². The lowest BCUT2D eigenvalue weighted by molar-refractivity contribution is -0.929. The summed E-state index contributed by atoms with van der Waals surface area (Å²) in [5.41, 5.74) is 15.4. The molecule has 0 atom stereocenters. The van der Waals surface area contributed by atoms with Crippen LogP contribution in [0.15, 0.2) is 121 Å². The molecule has 0 amide bonds. The number of rotatable bonds is 72. The van der Waals surface area contributed by atoms with Crippen LogP contribution in [-0.4, -0.2) is 169 Å². The molecule has 2 aliphatic rings. The number of quaternary nitrogens is 4. The first kappa shape index (κ1) is 104. The number of nitrogens with one attached hydrogen (secondary N) is 2. The molecular formula is C116H182N8O4+4. The molecule has 8 bridgehead atoms. The predicted molar refractivity (Wildman–Crippen MR) is 554 cm³/mol. The Morgan fingerprint density at radius 1 is 0.203 bits per heavy atom. The van der Waals surface area contributed by atoms with E-state index in [1.165, 1.54) is 328 Å². The van der Waals surface area contributed by atoms with E-state index in [0.717, 1.165) is 164 Å². The van der Waals surface area contributed by atoms with E-state index in [4.69, 9.17) is 28.9 Å². The molecule has 0 saturated heterocycles.